The lowest BCUT2D eigenvalue weighted by Crippen LogP contribution is -2.15. The van der Waals surface area contributed by atoms with Gasteiger partial charge in [0.1, 0.15) is 12.2 Å². The molecule has 0 aromatic rings. The molecule has 8 nitrogen and oxygen atoms in total. The van der Waals surface area contributed by atoms with E-state index in [1.165, 1.54) is 57.8 Å². The van der Waals surface area contributed by atoms with Gasteiger partial charge in [-0.2, -0.15) is 0 Å². The van der Waals surface area contributed by atoms with Crippen molar-refractivity contribution in [1.29, 1.82) is 0 Å². The van der Waals surface area contributed by atoms with Crippen molar-refractivity contribution in [3.63, 3.8) is 0 Å². The van der Waals surface area contributed by atoms with Gasteiger partial charge in [0, 0.05) is 6.42 Å². The number of carbonyl (C=O) groups is 1. The first kappa shape index (κ1) is 31.9. The summed E-state index contributed by atoms with van der Waals surface area (Å²) in [6.07, 6.45) is 12.5. The third-order valence-corrected chi connectivity index (χ3v) is 3.84. The maximum atomic E-state index is 10.3. The van der Waals surface area contributed by atoms with E-state index in [4.69, 9.17) is 35.7 Å². The Hall–Kier alpha value is -0.770. The number of carboxylic acid groups (broad SMARTS) is 1. The fraction of sp³-hybridized carbons (Fsp3) is 0.950. The Labute approximate surface area is 169 Å². The summed E-state index contributed by atoms with van der Waals surface area (Å²) in [6.45, 7) is 0.789. The zero-order valence-electron chi connectivity index (χ0n) is 17.5. The molecule has 0 saturated carbocycles. The Bertz CT molecular complexity index is 271. The second-order valence-corrected chi connectivity index (χ2v) is 6.72. The molecule has 0 aliphatic carbocycles. The van der Waals surface area contributed by atoms with Crippen LogP contribution in [0.3, 0.4) is 0 Å². The van der Waals surface area contributed by atoms with Crippen molar-refractivity contribution < 1.29 is 40.5 Å². The summed E-state index contributed by atoms with van der Waals surface area (Å²) in [7, 11) is 0. The van der Waals surface area contributed by atoms with Gasteiger partial charge in [0.15, 0.2) is 0 Å². The number of hydrogen-bond acceptors (Lipinski definition) is 7. The molecule has 0 aromatic carbocycles. The van der Waals surface area contributed by atoms with Crippen LogP contribution in [0.5, 0.6) is 0 Å². The van der Waals surface area contributed by atoms with Gasteiger partial charge in [-0.25, -0.2) is 0 Å². The summed E-state index contributed by atoms with van der Waals surface area (Å²) >= 11 is 0. The Kier molecular flexibility index (Phi) is 32.4. The van der Waals surface area contributed by atoms with Crippen molar-refractivity contribution >= 4 is 5.97 Å². The number of aliphatic hydroxyl groups excluding tert-OH is 6. The Morgan fingerprint density at radius 2 is 0.893 bits per heavy atom. The van der Waals surface area contributed by atoms with Crippen LogP contribution in [-0.4, -0.2) is 80.4 Å². The lowest BCUT2D eigenvalue weighted by molar-refractivity contribution is -0.137. The first-order valence-corrected chi connectivity index (χ1v) is 10.4. The van der Waals surface area contributed by atoms with E-state index in [9.17, 15) is 4.79 Å². The van der Waals surface area contributed by atoms with E-state index in [1.54, 1.807) is 0 Å². The average Bonchev–Trinajstić information content (AvgIpc) is 2.71. The molecular weight excluding hydrogens is 368 g/mol. The van der Waals surface area contributed by atoms with E-state index in [0.717, 1.165) is 12.8 Å². The molecule has 0 bridgehead atoms. The number of rotatable bonds is 16. The molecule has 28 heavy (non-hydrogen) atoms. The van der Waals surface area contributed by atoms with Gasteiger partial charge < -0.3 is 35.7 Å². The molecule has 0 aromatic heterocycles. The maximum absolute atomic E-state index is 10.3. The van der Waals surface area contributed by atoms with E-state index in [2.05, 4.69) is 6.92 Å². The maximum Gasteiger partial charge on any atom is 0.303 e. The number of carboxylic acids is 1. The van der Waals surface area contributed by atoms with Crippen LogP contribution in [-0.2, 0) is 4.79 Å². The highest BCUT2D eigenvalue weighted by atomic mass is 16.4. The third kappa shape index (κ3) is 36.2. The standard InChI is InChI=1S/C14H28O2.2C3H8O3/c1-2-3-4-5-6-7-8-9-10-11-12-13-14(15)16;2*4-1-3(6)2-5/h2-13H2,1H3,(H,15,16);2*3-6H,1-2H2. The smallest absolute Gasteiger partial charge is 0.303 e. The van der Waals surface area contributed by atoms with Crippen LogP contribution in [0.1, 0.15) is 84.0 Å². The van der Waals surface area contributed by atoms with Crippen molar-refractivity contribution in [3.8, 4) is 0 Å². The van der Waals surface area contributed by atoms with E-state index in [-0.39, 0.29) is 26.4 Å². The first-order chi connectivity index (χ1) is 13.4. The third-order valence-electron chi connectivity index (χ3n) is 3.84. The second kappa shape index (κ2) is 28.4. The van der Waals surface area contributed by atoms with Gasteiger partial charge in [-0.3, -0.25) is 4.79 Å². The van der Waals surface area contributed by atoms with Gasteiger partial charge in [0.2, 0.25) is 0 Å². The Morgan fingerprint density at radius 3 is 1.11 bits per heavy atom. The molecule has 0 saturated heterocycles. The minimum atomic E-state index is -0.954. The topological polar surface area (TPSA) is 159 Å². The molecule has 8 heteroatoms. The molecule has 0 radical (unpaired) electrons. The van der Waals surface area contributed by atoms with Crippen LogP contribution in [0.25, 0.3) is 0 Å². The molecule has 0 rings (SSSR count). The summed E-state index contributed by atoms with van der Waals surface area (Å²) in [5.41, 5.74) is 0. The number of unbranched alkanes of at least 4 members (excludes halogenated alkanes) is 10. The molecule has 0 atom stereocenters. The summed E-state index contributed by atoms with van der Waals surface area (Å²) in [6, 6.07) is 0. The highest BCUT2D eigenvalue weighted by Gasteiger charge is 1.97. The monoisotopic (exact) mass is 412 g/mol. The van der Waals surface area contributed by atoms with Gasteiger partial charge in [0.05, 0.1) is 26.4 Å². The summed E-state index contributed by atoms with van der Waals surface area (Å²) < 4.78 is 0. The second-order valence-electron chi connectivity index (χ2n) is 6.72. The van der Waals surface area contributed by atoms with Crippen LogP contribution >= 0.6 is 0 Å². The van der Waals surface area contributed by atoms with Crippen molar-refractivity contribution in [2.75, 3.05) is 26.4 Å². The molecule has 0 fully saturated rings. The van der Waals surface area contributed by atoms with Crippen LogP contribution in [0.15, 0.2) is 0 Å². The van der Waals surface area contributed by atoms with Crippen molar-refractivity contribution in [2.24, 2.45) is 0 Å². The predicted octanol–water partition coefficient (Wildman–Crippen LogP) is 1.44. The highest BCUT2D eigenvalue weighted by molar-refractivity contribution is 5.66. The quantitative estimate of drug-likeness (QED) is 0.188. The van der Waals surface area contributed by atoms with Crippen molar-refractivity contribution in [2.45, 2.75) is 96.2 Å². The van der Waals surface area contributed by atoms with Gasteiger partial charge in [-0.05, 0) is 6.42 Å². The molecule has 0 aliphatic heterocycles. The molecular formula is C20H44O8. The Morgan fingerprint density at radius 1 is 0.607 bits per heavy atom. The van der Waals surface area contributed by atoms with E-state index in [0.29, 0.717) is 6.42 Å². The normalized spacial score (nSPS) is 10.3. The lowest BCUT2D eigenvalue weighted by atomic mass is 10.1. The number of hydrogen-bond donors (Lipinski definition) is 7. The fourth-order valence-corrected chi connectivity index (χ4v) is 2.06. The molecule has 0 aliphatic rings. The summed E-state index contributed by atoms with van der Waals surface area (Å²) in [5, 5.41) is 56.5. The van der Waals surface area contributed by atoms with Gasteiger partial charge in [-0.1, -0.05) is 71.1 Å². The van der Waals surface area contributed by atoms with Crippen LogP contribution in [0, 0.1) is 0 Å². The molecule has 0 spiro atoms. The average molecular weight is 413 g/mol. The minimum Gasteiger partial charge on any atom is -0.481 e. The highest BCUT2D eigenvalue weighted by Crippen LogP contribution is 2.11. The van der Waals surface area contributed by atoms with Crippen molar-refractivity contribution in [1.82, 2.24) is 0 Å². The number of aliphatic carboxylic acids is 1. The largest absolute Gasteiger partial charge is 0.481 e. The van der Waals surface area contributed by atoms with Crippen molar-refractivity contribution in [3.05, 3.63) is 0 Å². The van der Waals surface area contributed by atoms with Crippen LogP contribution in [0.4, 0.5) is 0 Å². The van der Waals surface area contributed by atoms with Gasteiger partial charge >= 0.3 is 5.97 Å². The zero-order valence-corrected chi connectivity index (χ0v) is 17.5. The molecule has 0 amide bonds. The van der Waals surface area contributed by atoms with E-state index >= 15 is 0 Å². The number of aliphatic hydroxyl groups is 6. The van der Waals surface area contributed by atoms with Crippen LogP contribution < -0.4 is 0 Å². The minimum absolute atomic E-state index is 0.344. The lowest BCUT2D eigenvalue weighted by Gasteiger charge is -2.01. The fourth-order valence-electron chi connectivity index (χ4n) is 2.06. The first-order valence-electron chi connectivity index (χ1n) is 10.4. The molecule has 7 N–H and O–H groups in total. The van der Waals surface area contributed by atoms with E-state index in [1.807, 2.05) is 0 Å². The van der Waals surface area contributed by atoms with Crippen LogP contribution in [0.2, 0.25) is 0 Å². The predicted molar refractivity (Wildman–Crippen MR) is 109 cm³/mol. The molecule has 0 heterocycles. The summed E-state index contributed by atoms with van der Waals surface area (Å²) in [4.78, 5) is 10.3. The van der Waals surface area contributed by atoms with Gasteiger partial charge in [-0.15, -0.1) is 0 Å². The zero-order chi connectivity index (χ0) is 22.0. The SMILES string of the molecule is CCCCCCCCCCCCCC(=O)O.OCC(O)CO.OCC(O)CO. The Balaban J connectivity index is -0.000000426. The molecule has 172 valence electrons. The van der Waals surface area contributed by atoms with Gasteiger partial charge in [0.25, 0.3) is 0 Å². The summed E-state index contributed by atoms with van der Waals surface area (Å²) in [5.74, 6) is -0.657. The van der Waals surface area contributed by atoms with E-state index < -0.39 is 18.2 Å². The molecule has 0 unspecified atom stereocenters.